The fraction of sp³-hybridized carbons (Fsp3) is 0.208. The van der Waals surface area contributed by atoms with Crippen molar-refractivity contribution in [3.63, 3.8) is 0 Å². The Bertz CT molecular complexity index is 1010. The van der Waals surface area contributed by atoms with E-state index < -0.39 is 0 Å². The van der Waals surface area contributed by atoms with Gasteiger partial charge in [0.1, 0.15) is 0 Å². The van der Waals surface area contributed by atoms with Gasteiger partial charge in [0.15, 0.2) is 0 Å². The van der Waals surface area contributed by atoms with Crippen LogP contribution in [0.3, 0.4) is 0 Å². The van der Waals surface area contributed by atoms with Crippen molar-refractivity contribution < 1.29 is 4.79 Å². The van der Waals surface area contributed by atoms with E-state index in [0.29, 0.717) is 0 Å². The van der Waals surface area contributed by atoms with Crippen molar-refractivity contribution in [2.24, 2.45) is 5.41 Å². The van der Waals surface area contributed by atoms with E-state index in [9.17, 15) is 4.79 Å². The van der Waals surface area contributed by atoms with Crippen molar-refractivity contribution in [1.29, 1.82) is 0 Å². The number of hydrogen-bond acceptors (Lipinski definition) is 1. The lowest BCUT2D eigenvalue weighted by Gasteiger charge is -2.27. The predicted molar refractivity (Wildman–Crippen MR) is 108 cm³/mol. The molecule has 1 atom stereocenters. The predicted octanol–water partition coefficient (Wildman–Crippen LogP) is 5.73. The third-order valence-corrected chi connectivity index (χ3v) is 4.83. The first-order valence-corrected chi connectivity index (χ1v) is 9.05. The molecule has 26 heavy (non-hydrogen) atoms. The Morgan fingerprint density at radius 2 is 1.69 bits per heavy atom. The van der Waals surface area contributed by atoms with Gasteiger partial charge >= 0.3 is 0 Å². The molecule has 4 rings (SSSR count). The van der Waals surface area contributed by atoms with Crippen molar-refractivity contribution in [1.82, 2.24) is 5.32 Å². The van der Waals surface area contributed by atoms with Crippen LogP contribution in [-0.4, -0.2) is 5.91 Å². The van der Waals surface area contributed by atoms with Crippen LogP contribution in [0.2, 0.25) is 0 Å². The minimum Gasteiger partial charge on any atom is -0.341 e. The summed E-state index contributed by atoms with van der Waals surface area (Å²) in [7, 11) is 0. The van der Waals surface area contributed by atoms with Crippen LogP contribution in [0.5, 0.6) is 0 Å². The molecule has 130 valence electrons. The third-order valence-electron chi connectivity index (χ3n) is 4.83. The molecule has 0 fully saturated rings. The van der Waals surface area contributed by atoms with Crippen molar-refractivity contribution in [2.75, 3.05) is 0 Å². The zero-order valence-corrected chi connectivity index (χ0v) is 15.4. The zero-order chi connectivity index (χ0) is 18.3. The van der Waals surface area contributed by atoms with Crippen molar-refractivity contribution in [3.05, 3.63) is 89.0 Å². The molecule has 2 heteroatoms. The summed E-state index contributed by atoms with van der Waals surface area (Å²) in [5, 5.41) is 5.37. The normalized spacial score (nSPS) is 16.9. The Balaban J connectivity index is 1.94. The lowest BCUT2D eigenvalue weighted by atomic mass is 9.85. The summed E-state index contributed by atoms with van der Waals surface area (Å²) >= 11 is 0. The Morgan fingerprint density at radius 3 is 2.42 bits per heavy atom. The Morgan fingerprint density at radius 1 is 0.923 bits per heavy atom. The van der Waals surface area contributed by atoms with Crippen LogP contribution in [0.25, 0.3) is 16.8 Å². The minimum atomic E-state index is -0.109. The molecule has 0 saturated carbocycles. The Hall–Kier alpha value is -2.87. The van der Waals surface area contributed by atoms with E-state index in [0.717, 1.165) is 33.0 Å². The van der Waals surface area contributed by atoms with Gasteiger partial charge in [0.05, 0.1) is 6.04 Å². The maximum atomic E-state index is 12.8. The van der Waals surface area contributed by atoms with E-state index in [-0.39, 0.29) is 17.4 Å². The number of nitrogens with one attached hydrogen (secondary N) is 1. The van der Waals surface area contributed by atoms with Gasteiger partial charge < -0.3 is 5.32 Å². The Labute approximate surface area is 154 Å². The van der Waals surface area contributed by atoms with Crippen LogP contribution in [0.4, 0.5) is 0 Å². The molecular weight excluding hydrogens is 318 g/mol. The van der Waals surface area contributed by atoms with Crippen molar-refractivity contribution in [2.45, 2.75) is 26.8 Å². The topological polar surface area (TPSA) is 29.1 Å². The van der Waals surface area contributed by atoms with Gasteiger partial charge in [-0.2, -0.15) is 0 Å². The first-order valence-electron chi connectivity index (χ1n) is 9.05. The van der Waals surface area contributed by atoms with Gasteiger partial charge in [-0.3, -0.25) is 4.79 Å². The second kappa shape index (κ2) is 6.14. The van der Waals surface area contributed by atoms with Crippen LogP contribution in [-0.2, 0) is 0 Å². The van der Waals surface area contributed by atoms with Gasteiger partial charge in [0.25, 0.3) is 5.91 Å². The van der Waals surface area contributed by atoms with E-state index in [1.54, 1.807) is 0 Å². The monoisotopic (exact) mass is 341 g/mol. The molecule has 2 nitrogen and oxygen atoms in total. The summed E-state index contributed by atoms with van der Waals surface area (Å²) in [5.74, 6) is -0.00564. The first-order chi connectivity index (χ1) is 12.4. The van der Waals surface area contributed by atoms with Gasteiger partial charge in [-0.1, -0.05) is 87.5 Å². The fourth-order valence-electron chi connectivity index (χ4n) is 3.57. The highest BCUT2D eigenvalue weighted by atomic mass is 16.1. The summed E-state index contributed by atoms with van der Waals surface area (Å²) in [4.78, 5) is 12.8. The lowest BCUT2D eigenvalue weighted by molar-refractivity contribution is 0.0941. The maximum absolute atomic E-state index is 12.8. The van der Waals surface area contributed by atoms with Crippen LogP contribution in [0.1, 0.15) is 53.9 Å². The summed E-state index contributed by atoms with van der Waals surface area (Å²) in [6, 6.07) is 20.4. The van der Waals surface area contributed by atoms with Gasteiger partial charge in [-0.05, 0) is 33.6 Å². The molecule has 0 spiro atoms. The number of benzene rings is 3. The van der Waals surface area contributed by atoms with Crippen LogP contribution in [0.15, 0.2) is 66.7 Å². The first kappa shape index (κ1) is 16.6. The second-order valence-electron chi connectivity index (χ2n) is 7.99. The average Bonchev–Trinajstić information content (AvgIpc) is 2.63. The number of carbonyl (C=O) groups is 1. The van der Waals surface area contributed by atoms with Gasteiger partial charge in [-0.15, -0.1) is 0 Å². The molecule has 0 aliphatic carbocycles. The minimum absolute atomic E-state index is 0.00564. The average molecular weight is 341 g/mol. The van der Waals surface area contributed by atoms with Crippen molar-refractivity contribution in [3.8, 4) is 0 Å². The molecule has 1 N–H and O–H groups in total. The molecule has 0 radical (unpaired) electrons. The number of amides is 1. The second-order valence-corrected chi connectivity index (χ2v) is 7.99. The molecular formula is C24H23NO. The number of hydrogen-bond donors (Lipinski definition) is 1. The number of carbonyl (C=O) groups excluding carboxylic acids is 1. The van der Waals surface area contributed by atoms with Gasteiger partial charge in [0, 0.05) is 10.9 Å². The summed E-state index contributed by atoms with van der Waals surface area (Å²) in [5.41, 5.74) is 4.30. The van der Waals surface area contributed by atoms with E-state index in [1.807, 2.05) is 30.3 Å². The summed E-state index contributed by atoms with van der Waals surface area (Å²) < 4.78 is 0. The zero-order valence-electron chi connectivity index (χ0n) is 15.4. The fourth-order valence-corrected chi connectivity index (χ4v) is 3.57. The standard InChI is InChI=1S/C24H23NO/c1-24(2,3)15-14-16-12-13-20-21-18(16)10-7-11-19(21)22(25-23(20)26)17-8-5-4-6-9-17/h4-15,22H,1-3H3,(H,25,26)/b15-14+. The summed E-state index contributed by atoms with van der Waals surface area (Å²) in [6.07, 6.45) is 4.39. The molecule has 1 amide bonds. The van der Waals surface area contributed by atoms with E-state index in [2.05, 4.69) is 68.6 Å². The SMILES string of the molecule is CC(C)(C)/C=C/c1ccc2c3c(cccc13)C(c1ccccc1)NC2=O. The van der Waals surface area contributed by atoms with Crippen LogP contribution < -0.4 is 5.32 Å². The smallest absolute Gasteiger partial charge is 0.252 e. The van der Waals surface area contributed by atoms with Crippen LogP contribution in [0, 0.1) is 5.41 Å². The Kier molecular flexibility index (Phi) is 3.91. The summed E-state index contributed by atoms with van der Waals surface area (Å²) in [6.45, 7) is 6.56. The highest BCUT2D eigenvalue weighted by Crippen LogP contribution is 2.37. The molecule has 0 aromatic heterocycles. The number of allylic oxidation sites excluding steroid dienone is 1. The van der Waals surface area contributed by atoms with Gasteiger partial charge in [0.2, 0.25) is 0 Å². The van der Waals surface area contributed by atoms with E-state index in [1.165, 1.54) is 0 Å². The highest BCUT2D eigenvalue weighted by Gasteiger charge is 2.27. The van der Waals surface area contributed by atoms with E-state index in [4.69, 9.17) is 0 Å². The molecule has 0 saturated heterocycles. The highest BCUT2D eigenvalue weighted by molar-refractivity contribution is 6.12. The largest absolute Gasteiger partial charge is 0.341 e. The molecule has 1 unspecified atom stereocenters. The molecule has 0 bridgehead atoms. The molecule has 1 aliphatic heterocycles. The van der Waals surface area contributed by atoms with E-state index >= 15 is 0 Å². The molecule has 1 aliphatic rings. The lowest BCUT2D eigenvalue weighted by Crippen LogP contribution is -2.33. The third kappa shape index (κ3) is 2.92. The van der Waals surface area contributed by atoms with Crippen LogP contribution >= 0.6 is 0 Å². The maximum Gasteiger partial charge on any atom is 0.252 e. The molecule has 1 heterocycles. The quantitative estimate of drug-likeness (QED) is 0.633. The van der Waals surface area contributed by atoms with Crippen molar-refractivity contribution >= 4 is 22.8 Å². The number of rotatable bonds is 2. The molecule has 3 aromatic rings. The molecule has 3 aromatic carbocycles. The van der Waals surface area contributed by atoms with Gasteiger partial charge in [-0.25, -0.2) is 0 Å².